The van der Waals surface area contributed by atoms with Crippen LogP contribution in [0.25, 0.3) is 0 Å². The molecule has 10 heavy (non-hydrogen) atoms. The second kappa shape index (κ2) is 3.17. The summed E-state index contributed by atoms with van der Waals surface area (Å²) in [5.74, 6) is 4.10. The third kappa shape index (κ3) is 1.70. The summed E-state index contributed by atoms with van der Waals surface area (Å²) in [5.41, 5.74) is 0. The van der Waals surface area contributed by atoms with Crippen molar-refractivity contribution in [2.24, 2.45) is 0 Å². The van der Waals surface area contributed by atoms with Gasteiger partial charge in [-0.05, 0) is 18.8 Å². The molecule has 0 aromatic heterocycles. The van der Waals surface area contributed by atoms with Crippen LogP contribution in [0, 0.1) is 11.8 Å². The van der Waals surface area contributed by atoms with Crippen LogP contribution < -0.4 is 0 Å². The van der Waals surface area contributed by atoms with E-state index < -0.39 is 5.78 Å². The summed E-state index contributed by atoms with van der Waals surface area (Å²) in [6.45, 7) is 0. The zero-order valence-electron chi connectivity index (χ0n) is 5.64. The average Bonchev–Trinajstić information content (AvgIpc) is 1.92. The van der Waals surface area contributed by atoms with Gasteiger partial charge in [-0.1, -0.05) is 5.92 Å². The van der Waals surface area contributed by atoms with E-state index in [1.54, 1.807) is 0 Å². The SMILES string of the molecule is O=C1C#CCCCCC1=O. The van der Waals surface area contributed by atoms with Crippen LogP contribution in [-0.4, -0.2) is 11.6 Å². The fourth-order valence-corrected chi connectivity index (χ4v) is 0.825. The second-order valence-corrected chi connectivity index (χ2v) is 2.26. The molecule has 2 nitrogen and oxygen atoms in total. The molecular formula is C8H8O2. The lowest BCUT2D eigenvalue weighted by molar-refractivity contribution is -0.133. The molecule has 1 rings (SSSR count). The van der Waals surface area contributed by atoms with Crippen LogP contribution in [0.5, 0.6) is 0 Å². The van der Waals surface area contributed by atoms with Crippen LogP contribution in [0.4, 0.5) is 0 Å². The van der Waals surface area contributed by atoms with Gasteiger partial charge in [-0.25, -0.2) is 0 Å². The maximum atomic E-state index is 10.7. The standard InChI is InChI=1S/C8H8O2/c9-7-5-3-1-2-4-6-8(7)10/h1-3,5H2. The van der Waals surface area contributed by atoms with E-state index in [2.05, 4.69) is 11.8 Å². The first kappa shape index (κ1) is 7.01. The molecule has 0 atom stereocenters. The van der Waals surface area contributed by atoms with Crippen molar-refractivity contribution in [2.75, 3.05) is 0 Å². The van der Waals surface area contributed by atoms with E-state index in [1.165, 1.54) is 0 Å². The van der Waals surface area contributed by atoms with E-state index in [9.17, 15) is 9.59 Å². The molecule has 0 amide bonds. The van der Waals surface area contributed by atoms with Crippen LogP contribution in [0.2, 0.25) is 0 Å². The zero-order valence-corrected chi connectivity index (χ0v) is 5.64. The first-order valence-electron chi connectivity index (χ1n) is 3.37. The van der Waals surface area contributed by atoms with Gasteiger partial charge in [0.05, 0.1) is 0 Å². The lowest BCUT2D eigenvalue weighted by Crippen LogP contribution is -2.11. The predicted octanol–water partition coefficient (Wildman–Crippen LogP) is 0.702. The Bertz CT molecular complexity index is 217. The van der Waals surface area contributed by atoms with Gasteiger partial charge in [0.25, 0.3) is 5.78 Å². The summed E-state index contributed by atoms with van der Waals surface area (Å²) in [6.07, 6.45) is 2.87. The second-order valence-electron chi connectivity index (χ2n) is 2.26. The zero-order chi connectivity index (χ0) is 7.40. The lowest BCUT2D eigenvalue weighted by Gasteiger charge is -1.96. The third-order valence-electron chi connectivity index (χ3n) is 1.41. The van der Waals surface area contributed by atoms with Crippen molar-refractivity contribution in [3.05, 3.63) is 0 Å². The van der Waals surface area contributed by atoms with Gasteiger partial charge in [0, 0.05) is 12.8 Å². The Morgan fingerprint density at radius 1 is 1.20 bits per heavy atom. The van der Waals surface area contributed by atoms with E-state index in [1.807, 2.05) is 0 Å². The third-order valence-corrected chi connectivity index (χ3v) is 1.41. The molecule has 1 aliphatic carbocycles. The molecule has 0 aromatic rings. The van der Waals surface area contributed by atoms with Gasteiger partial charge in [0.15, 0.2) is 0 Å². The summed E-state index contributed by atoms with van der Waals surface area (Å²) in [4.78, 5) is 21.4. The maximum absolute atomic E-state index is 10.7. The Morgan fingerprint density at radius 3 is 2.80 bits per heavy atom. The summed E-state index contributed by atoms with van der Waals surface area (Å²) >= 11 is 0. The van der Waals surface area contributed by atoms with E-state index in [-0.39, 0.29) is 5.78 Å². The van der Waals surface area contributed by atoms with Gasteiger partial charge in [0.1, 0.15) is 0 Å². The largest absolute Gasteiger partial charge is 0.290 e. The van der Waals surface area contributed by atoms with Crippen LogP contribution in [0.3, 0.4) is 0 Å². The van der Waals surface area contributed by atoms with Gasteiger partial charge in [-0.2, -0.15) is 0 Å². The van der Waals surface area contributed by atoms with Crippen LogP contribution in [0.15, 0.2) is 0 Å². The van der Waals surface area contributed by atoms with Crippen LogP contribution in [-0.2, 0) is 9.59 Å². The molecule has 52 valence electrons. The average molecular weight is 136 g/mol. The van der Waals surface area contributed by atoms with Crippen molar-refractivity contribution in [3.63, 3.8) is 0 Å². The highest BCUT2D eigenvalue weighted by Gasteiger charge is 2.10. The molecule has 0 radical (unpaired) electrons. The van der Waals surface area contributed by atoms with E-state index in [4.69, 9.17) is 0 Å². The Hall–Kier alpha value is -1.10. The Morgan fingerprint density at radius 2 is 2.00 bits per heavy atom. The molecule has 2 heteroatoms. The Labute approximate surface area is 59.6 Å². The van der Waals surface area contributed by atoms with Crippen molar-refractivity contribution in [2.45, 2.75) is 25.7 Å². The van der Waals surface area contributed by atoms with Crippen LogP contribution in [0.1, 0.15) is 25.7 Å². The highest BCUT2D eigenvalue weighted by atomic mass is 16.2. The number of carbonyl (C=O) groups is 2. The molecule has 0 fully saturated rings. The first-order valence-corrected chi connectivity index (χ1v) is 3.37. The molecular weight excluding hydrogens is 128 g/mol. The topological polar surface area (TPSA) is 34.1 Å². The molecule has 0 spiro atoms. The molecule has 0 aromatic carbocycles. The number of Topliss-reactive ketones (excluding diaryl/α,β-unsaturated/α-hetero) is 2. The normalized spacial score (nSPS) is 18.8. The minimum atomic E-state index is -0.514. The minimum absolute atomic E-state index is 0.327. The summed E-state index contributed by atoms with van der Waals surface area (Å²) in [7, 11) is 0. The number of hydrogen-bond donors (Lipinski definition) is 0. The monoisotopic (exact) mass is 136 g/mol. The fraction of sp³-hybridized carbons (Fsp3) is 0.500. The minimum Gasteiger partial charge on any atom is -0.290 e. The van der Waals surface area contributed by atoms with Crippen molar-refractivity contribution in [1.29, 1.82) is 0 Å². The molecule has 0 unspecified atom stereocenters. The summed E-state index contributed by atoms with van der Waals surface area (Å²) < 4.78 is 0. The van der Waals surface area contributed by atoms with Gasteiger partial charge in [0.2, 0.25) is 5.78 Å². The predicted molar refractivity (Wildman–Crippen MR) is 36.3 cm³/mol. The van der Waals surface area contributed by atoms with E-state index in [0.29, 0.717) is 6.42 Å². The molecule has 0 saturated heterocycles. The maximum Gasteiger partial charge on any atom is 0.271 e. The van der Waals surface area contributed by atoms with Gasteiger partial charge in [-0.3, -0.25) is 9.59 Å². The number of carbonyl (C=O) groups excluding carboxylic acids is 2. The number of hydrogen-bond acceptors (Lipinski definition) is 2. The Balaban J connectivity index is 2.69. The van der Waals surface area contributed by atoms with Crippen LogP contribution >= 0.6 is 0 Å². The molecule has 0 aliphatic heterocycles. The lowest BCUT2D eigenvalue weighted by atomic mass is 10.1. The molecule has 0 N–H and O–H groups in total. The van der Waals surface area contributed by atoms with Gasteiger partial charge >= 0.3 is 0 Å². The fourth-order valence-electron chi connectivity index (χ4n) is 0.825. The van der Waals surface area contributed by atoms with Gasteiger partial charge < -0.3 is 0 Å². The number of rotatable bonds is 0. The van der Waals surface area contributed by atoms with E-state index in [0.717, 1.165) is 19.3 Å². The quantitative estimate of drug-likeness (QED) is 0.279. The number of ketones is 2. The first-order chi connectivity index (χ1) is 4.80. The van der Waals surface area contributed by atoms with Crippen molar-refractivity contribution >= 4 is 11.6 Å². The highest BCUT2D eigenvalue weighted by Crippen LogP contribution is 2.02. The van der Waals surface area contributed by atoms with Gasteiger partial charge in [-0.15, -0.1) is 0 Å². The molecule has 0 saturated carbocycles. The molecule has 1 aliphatic rings. The van der Waals surface area contributed by atoms with E-state index >= 15 is 0 Å². The van der Waals surface area contributed by atoms with Crippen molar-refractivity contribution in [1.82, 2.24) is 0 Å². The molecule has 0 bridgehead atoms. The highest BCUT2D eigenvalue weighted by molar-refractivity contribution is 6.43. The molecule has 0 heterocycles. The Kier molecular flexibility index (Phi) is 2.22. The smallest absolute Gasteiger partial charge is 0.271 e. The summed E-state index contributed by atoms with van der Waals surface area (Å²) in [5, 5.41) is 0. The van der Waals surface area contributed by atoms with Crippen molar-refractivity contribution in [3.8, 4) is 11.8 Å². The van der Waals surface area contributed by atoms with Crippen molar-refractivity contribution < 1.29 is 9.59 Å². The summed E-state index contributed by atoms with van der Waals surface area (Å²) in [6, 6.07) is 0.